The van der Waals surface area contributed by atoms with Gasteiger partial charge in [-0.15, -0.1) is 11.3 Å². The van der Waals surface area contributed by atoms with Gasteiger partial charge in [0.05, 0.1) is 17.1 Å². The Morgan fingerprint density at radius 1 is 1.40 bits per heavy atom. The van der Waals surface area contributed by atoms with Crippen LogP contribution in [-0.2, 0) is 6.54 Å². The molecule has 0 unspecified atom stereocenters. The van der Waals surface area contributed by atoms with Crippen LogP contribution in [-0.4, -0.2) is 29.3 Å². The number of hydrogen-bond donors (Lipinski definition) is 0. The molecular weight excluding hydrogens is 208 g/mol. The van der Waals surface area contributed by atoms with Crippen molar-refractivity contribution >= 4 is 17.6 Å². The zero-order valence-electron chi connectivity index (χ0n) is 9.03. The van der Waals surface area contributed by atoms with Crippen LogP contribution in [0.2, 0.25) is 0 Å². The second kappa shape index (κ2) is 4.86. The molecule has 4 heteroatoms. The lowest BCUT2D eigenvalue weighted by atomic mass is 10.1. The Labute approximate surface area is 94.1 Å². The van der Waals surface area contributed by atoms with Crippen LogP contribution in [0.3, 0.4) is 0 Å². The van der Waals surface area contributed by atoms with E-state index in [4.69, 9.17) is 0 Å². The molecule has 82 valence electrons. The Kier molecular flexibility index (Phi) is 3.49. The van der Waals surface area contributed by atoms with Crippen molar-refractivity contribution in [3.63, 3.8) is 0 Å². The summed E-state index contributed by atoms with van der Waals surface area (Å²) in [5.74, 6) is 0. The highest BCUT2D eigenvalue weighted by Crippen LogP contribution is 2.19. The fourth-order valence-corrected chi connectivity index (χ4v) is 2.88. The number of aromatic nitrogens is 1. The normalized spacial score (nSPS) is 17.9. The third-order valence-electron chi connectivity index (χ3n) is 2.79. The van der Waals surface area contributed by atoms with Crippen LogP contribution in [0.25, 0.3) is 0 Å². The van der Waals surface area contributed by atoms with Gasteiger partial charge in [-0.1, -0.05) is 6.42 Å². The number of aryl methyl sites for hydroxylation is 1. The number of nitrogens with zero attached hydrogens (tertiary/aromatic N) is 2. The minimum atomic E-state index is 0.780. The first-order chi connectivity index (χ1) is 7.29. The molecule has 15 heavy (non-hydrogen) atoms. The number of thiazole rings is 1. The van der Waals surface area contributed by atoms with E-state index in [1.54, 1.807) is 0 Å². The van der Waals surface area contributed by atoms with Gasteiger partial charge in [0.2, 0.25) is 0 Å². The summed E-state index contributed by atoms with van der Waals surface area (Å²) in [6.45, 7) is 5.17. The van der Waals surface area contributed by atoms with Gasteiger partial charge >= 0.3 is 0 Å². The van der Waals surface area contributed by atoms with E-state index < -0.39 is 0 Å². The van der Waals surface area contributed by atoms with Crippen molar-refractivity contribution in [2.24, 2.45) is 0 Å². The maximum Gasteiger partial charge on any atom is 0.161 e. The molecule has 1 aromatic heterocycles. The third kappa shape index (κ3) is 2.63. The molecule has 0 amide bonds. The van der Waals surface area contributed by atoms with Crippen molar-refractivity contribution in [2.75, 3.05) is 13.1 Å². The van der Waals surface area contributed by atoms with Crippen molar-refractivity contribution in [3.8, 4) is 0 Å². The number of piperidine rings is 1. The van der Waals surface area contributed by atoms with Gasteiger partial charge in [0.25, 0.3) is 0 Å². The van der Waals surface area contributed by atoms with E-state index in [9.17, 15) is 4.79 Å². The summed E-state index contributed by atoms with van der Waals surface area (Å²) in [6.07, 6.45) is 4.86. The summed E-state index contributed by atoms with van der Waals surface area (Å²) < 4.78 is 0. The predicted molar refractivity (Wildman–Crippen MR) is 61.4 cm³/mol. The fraction of sp³-hybridized carbons (Fsp3) is 0.636. The zero-order chi connectivity index (χ0) is 10.7. The van der Waals surface area contributed by atoms with E-state index in [0.717, 1.165) is 28.4 Å². The van der Waals surface area contributed by atoms with Crippen molar-refractivity contribution in [2.45, 2.75) is 32.7 Å². The summed E-state index contributed by atoms with van der Waals surface area (Å²) in [7, 11) is 0. The Morgan fingerprint density at radius 2 is 2.13 bits per heavy atom. The smallest absolute Gasteiger partial charge is 0.161 e. The van der Waals surface area contributed by atoms with Gasteiger partial charge < -0.3 is 0 Å². The molecule has 2 heterocycles. The standard InChI is InChI=1S/C11H16N2OS/c1-9-10(8-14)15-11(12-9)7-13-5-3-2-4-6-13/h8H,2-7H2,1H3. The average Bonchev–Trinajstić information content (AvgIpc) is 2.60. The molecule has 0 spiro atoms. The van der Waals surface area contributed by atoms with E-state index in [1.165, 1.54) is 43.7 Å². The van der Waals surface area contributed by atoms with Crippen LogP contribution in [0.1, 0.15) is 39.6 Å². The number of carbonyl (C=O) groups is 1. The highest BCUT2D eigenvalue weighted by molar-refractivity contribution is 7.13. The van der Waals surface area contributed by atoms with Gasteiger partial charge in [-0.2, -0.15) is 0 Å². The summed E-state index contributed by atoms with van der Waals surface area (Å²) in [4.78, 5) is 18.3. The lowest BCUT2D eigenvalue weighted by Gasteiger charge is -2.25. The van der Waals surface area contributed by atoms with Gasteiger partial charge in [0.15, 0.2) is 6.29 Å². The lowest BCUT2D eigenvalue weighted by molar-refractivity contribution is 0.112. The summed E-state index contributed by atoms with van der Waals surface area (Å²) in [5.41, 5.74) is 0.877. The van der Waals surface area contributed by atoms with Crippen LogP contribution in [0.5, 0.6) is 0 Å². The zero-order valence-corrected chi connectivity index (χ0v) is 9.85. The molecule has 0 atom stereocenters. The topological polar surface area (TPSA) is 33.2 Å². The second-order valence-corrected chi connectivity index (χ2v) is 5.13. The SMILES string of the molecule is Cc1nc(CN2CCCCC2)sc1C=O. The molecule has 0 N–H and O–H groups in total. The average molecular weight is 224 g/mol. The molecular formula is C11H16N2OS. The maximum absolute atomic E-state index is 10.7. The summed E-state index contributed by atoms with van der Waals surface area (Å²) in [5, 5.41) is 1.08. The fourth-order valence-electron chi connectivity index (χ4n) is 1.95. The van der Waals surface area contributed by atoms with E-state index >= 15 is 0 Å². The first kappa shape index (κ1) is 10.8. The minimum Gasteiger partial charge on any atom is -0.297 e. The molecule has 0 radical (unpaired) electrons. The van der Waals surface area contributed by atoms with Gasteiger partial charge in [0.1, 0.15) is 5.01 Å². The van der Waals surface area contributed by atoms with Crippen LogP contribution >= 0.6 is 11.3 Å². The molecule has 1 saturated heterocycles. The lowest BCUT2D eigenvalue weighted by Crippen LogP contribution is -2.28. The number of likely N-dealkylation sites (tertiary alicyclic amines) is 1. The molecule has 0 aromatic carbocycles. The highest BCUT2D eigenvalue weighted by atomic mass is 32.1. The van der Waals surface area contributed by atoms with Gasteiger partial charge in [-0.3, -0.25) is 9.69 Å². The summed E-state index contributed by atoms with van der Waals surface area (Å²) in [6, 6.07) is 0. The minimum absolute atomic E-state index is 0.780. The van der Waals surface area contributed by atoms with Crippen molar-refractivity contribution in [3.05, 3.63) is 15.6 Å². The number of carbonyl (C=O) groups excluding carboxylic acids is 1. The van der Waals surface area contributed by atoms with Gasteiger partial charge in [-0.05, 0) is 32.9 Å². The van der Waals surface area contributed by atoms with Crippen molar-refractivity contribution in [1.82, 2.24) is 9.88 Å². The molecule has 2 rings (SSSR count). The molecule has 1 aliphatic heterocycles. The van der Waals surface area contributed by atoms with E-state index in [2.05, 4.69) is 9.88 Å². The Bertz CT molecular complexity index is 342. The summed E-state index contributed by atoms with van der Waals surface area (Å²) >= 11 is 1.53. The first-order valence-electron chi connectivity index (χ1n) is 5.43. The number of rotatable bonds is 3. The molecule has 1 aliphatic rings. The third-order valence-corrected chi connectivity index (χ3v) is 3.86. The van der Waals surface area contributed by atoms with E-state index in [1.807, 2.05) is 6.92 Å². The number of aldehydes is 1. The molecule has 1 aromatic rings. The van der Waals surface area contributed by atoms with Crippen molar-refractivity contribution < 1.29 is 4.79 Å². The predicted octanol–water partition coefficient (Wildman–Crippen LogP) is 2.25. The van der Waals surface area contributed by atoms with Gasteiger partial charge in [-0.25, -0.2) is 4.98 Å². The quantitative estimate of drug-likeness (QED) is 0.738. The van der Waals surface area contributed by atoms with Gasteiger partial charge in [0, 0.05) is 0 Å². The second-order valence-electron chi connectivity index (χ2n) is 4.01. The van der Waals surface area contributed by atoms with Crippen molar-refractivity contribution in [1.29, 1.82) is 0 Å². The molecule has 1 fully saturated rings. The maximum atomic E-state index is 10.7. The van der Waals surface area contributed by atoms with E-state index in [0.29, 0.717) is 0 Å². The van der Waals surface area contributed by atoms with Crippen LogP contribution in [0.4, 0.5) is 0 Å². The van der Waals surface area contributed by atoms with Crippen LogP contribution in [0, 0.1) is 6.92 Å². The molecule has 0 aliphatic carbocycles. The molecule has 0 saturated carbocycles. The van der Waals surface area contributed by atoms with Crippen LogP contribution < -0.4 is 0 Å². The largest absolute Gasteiger partial charge is 0.297 e. The molecule has 3 nitrogen and oxygen atoms in total. The van der Waals surface area contributed by atoms with Crippen LogP contribution in [0.15, 0.2) is 0 Å². The number of hydrogen-bond acceptors (Lipinski definition) is 4. The first-order valence-corrected chi connectivity index (χ1v) is 6.25. The monoisotopic (exact) mass is 224 g/mol. The Balaban J connectivity index is 2.00. The van der Waals surface area contributed by atoms with E-state index in [-0.39, 0.29) is 0 Å². The Hall–Kier alpha value is -0.740. The molecule has 0 bridgehead atoms. The Morgan fingerprint density at radius 3 is 2.73 bits per heavy atom. The highest BCUT2D eigenvalue weighted by Gasteiger charge is 2.13.